The van der Waals surface area contributed by atoms with E-state index in [1.807, 2.05) is 0 Å². The molecule has 0 fully saturated rings. The number of nitro benzene ring substituents is 2. The van der Waals surface area contributed by atoms with Crippen molar-refractivity contribution in [3.8, 4) is 0 Å². The fourth-order valence-electron chi connectivity index (χ4n) is 2.01. The van der Waals surface area contributed by atoms with Crippen LogP contribution in [-0.2, 0) is 0 Å². The predicted molar refractivity (Wildman–Crippen MR) is 90.5 cm³/mol. The first-order valence-electron chi connectivity index (χ1n) is 7.02. The Morgan fingerprint density at radius 1 is 0.960 bits per heavy atom. The van der Waals surface area contributed by atoms with E-state index in [2.05, 4.69) is 5.32 Å². The Kier molecular flexibility index (Phi) is 5.44. The van der Waals surface area contributed by atoms with Crippen LogP contribution in [0.2, 0.25) is 0 Å². The molecule has 0 saturated carbocycles. The second-order valence-electron chi connectivity index (χ2n) is 5.06. The predicted octanol–water partition coefficient (Wildman–Crippen LogP) is 0.898. The van der Waals surface area contributed by atoms with Gasteiger partial charge in [-0.25, -0.2) is 5.84 Å². The Balaban J connectivity index is 2.03. The second kappa shape index (κ2) is 7.53. The van der Waals surface area contributed by atoms with Crippen molar-refractivity contribution in [3.63, 3.8) is 0 Å². The molecule has 6 N–H and O–H groups in total. The number of nitrogens with one attached hydrogen (secondary N) is 1. The van der Waals surface area contributed by atoms with Crippen molar-refractivity contribution in [3.05, 3.63) is 68.8 Å². The van der Waals surface area contributed by atoms with Crippen LogP contribution in [-0.4, -0.2) is 27.3 Å². The molecule has 0 aromatic heterocycles. The third-order valence-corrected chi connectivity index (χ3v) is 3.40. The molecule has 0 aliphatic heterocycles. The number of benzene rings is 2. The van der Waals surface area contributed by atoms with E-state index in [1.54, 1.807) is 0 Å². The minimum Gasteiger partial charge on any atom is -0.370 e. The minimum atomic E-state index is -1.30. The third kappa shape index (κ3) is 4.38. The molecule has 25 heavy (non-hydrogen) atoms. The highest BCUT2D eigenvalue weighted by atomic mass is 16.6. The maximum absolute atomic E-state index is 10.6. The molecule has 2 aromatic rings. The number of non-ortho nitro benzene ring substituents is 2. The number of nitrogens with two attached hydrogens (primary N) is 2. The Morgan fingerprint density at radius 3 is 1.84 bits per heavy atom. The number of nitro groups is 2. The summed E-state index contributed by atoms with van der Waals surface area (Å²) >= 11 is 0. The normalized spacial score (nSPS) is 12.9. The van der Waals surface area contributed by atoms with Crippen LogP contribution in [0.4, 0.5) is 22.7 Å². The molecule has 11 heteroatoms. The lowest BCUT2D eigenvalue weighted by Crippen LogP contribution is -2.56. The average molecular weight is 348 g/mol. The Bertz CT molecular complexity index is 751. The monoisotopic (exact) mass is 348 g/mol. The fraction of sp³-hybridized carbons (Fsp3) is 0.143. The quantitative estimate of drug-likeness (QED) is 0.245. The molecule has 2 aromatic carbocycles. The SMILES string of the molecule is NC(C(O)Nc1ccc([N+](=O)[O-])cc1)N(N)c1ccc([N+](=O)[O-])cc1. The van der Waals surface area contributed by atoms with Crippen LogP contribution in [0.1, 0.15) is 0 Å². The van der Waals surface area contributed by atoms with E-state index in [9.17, 15) is 25.3 Å². The number of nitrogens with zero attached hydrogens (tertiary/aromatic N) is 3. The number of hydrogen-bond donors (Lipinski definition) is 4. The molecule has 0 radical (unpaired) electrons. The second-order valence-corrected chi connectivity index (χ2v) is 5.06. The van der Waals surface area contributed by atoms with Crippen LogP contribution in [0.15, 0.2) is 48.5 Å². The topological polar surface area (TPSA) is 174 Å². The number of hydrazine groups is 1. The summed E-state index contributed by atoms with van der Waals surface area (Å²) in [5, 5.41) is 35.1. The number of aliphatic hydroxyl groups excluding tert-OH is 1. The van der Waals surface area contributed by atoms with E-state index < -0.39 is 22.2 Å². The smallest absolute Gasteiger partial charge is 0.269 e. The zero-order valence-electron chi connectivity index (χ0n) is 12.9. The summed E-state index contributed by atoms with van der Waals surface area (Å²) in [6.45, 7) is 0. The van der Waals surface area contributed by atoms with Gasteiger partial charge in [-0.1, -0.05) is 0 Å². The van der Waals surface area contributed by atoms with E-state index in [1.165, 1.54) is 48.5 Å². The van der Waals surface area contributed by atoms with Gasteiger partial charge in [-0.05, 0) is 24.3 Å². The molecule has 132 valence electrons. The standard InChI is InChI=1S/C14H16N6O5/c15-13(18(16)10-5-7-12(8-6-10)20(24)25)14(21)17-9-1-3-11(4-2-9)19(22)23/h1-8,13-14,17,21H,15-16H2. The first kappa shape index (κ1) is 18.1. The van der Waals surface area contributed by atoms with Crippen LogP contribution in [0, 0.1) is 20.2 Å². The van der Waals surface area contributed by atoms with Crippen molar-refractivity contribution in [1.82, 2.24) is 0 Å². The zero-order chi connectivity index (χ0) is 18.6. The first-order valence-corrected chi connectivity index (χ1v) is 7.02. The Labute approximate surface area is 141 Å². The lowest BCUT2D eigenvalue weighted by atomic mass is 10.2. The van der Waals surface area contributed by atoms with Crippen molar-refractivity contribution in [2.45, 2.75) is 12.4 Å². The van der Waals surface area contributed by atoms with E-state index in [0.29, 0.717) is 11.4 Å². The summed E-state index contributed by atoms with van der Waals surface area (Å²) in [6.07, 6.45) is -2.39. The highest BCUT2D eigenvalue weighted by Gasteiger charge is 2.21. The molecular weight excluding hydrogens is 332 g/mol. The van der Waals surface area contributed by atoms with Gasteiger partial charge < -0.3 is 16.2 Å². The highest BCUT2D eigenvalue weighted by Crippen LogP contribution is 2.20. The van der Waals surface area contributed by atoms with Crippen LogP contribution in [0.5, 0.6) is 0 Å². The van der Waals surface area contributed by atoms with E-state index in [0.717, 1.165) is 5.01 Å². The minimum absolute atomic E-state index is 0.0873. The highest BCUT2D eigenvalue weighted by molar-refractivity contribution is 5.52. The summed E-state index contributed by atoms with van der Waals surface area (Å²) in [5.41, 5.74) is 6.45. The summed E-state index contributed by atoms with van der Waals surface area (Å²) in [5.74, 6) is 5.83. The third-order valence-electron chi connectivity index (χ3n) is 3.40. The maximum atomic E-state index is 10.6. The first-order chi connectivity index (χ1) is 11.8. The molecule has 11 nitrogen and oxygen atoms in total. The molecule has 0 bridgehead atoms. The lowest BCUT2D eigenvalue weighted by Gasteiger charge is -2.30. The van der Waals surface area contributed by atoms with Gasteiger partial charge in [-0.2, -0.15) is 0 Å². The van der Waals surface area contributed by atoms with Gasteiger partial charge >= 0.3 is 0 Å². The van der Waals surface area contributed by atoms with Gasteiger partial charge in [0.05, 0.1) is 15.5 Å². The molecule has 2 rings (SSSR count). The zero-order valence-corrected chi connectivity index (χ0v) is 12.9. The Hall–Kier alpha value is -3.28. The maximum Gasteiger partial charge on any atom is 0.269 e. The summed E-state index contributed by atoms with van der Waals surface area (Å²) in [6, 6.07) is 10.7. The molecule has 0 heterocycles. The molecule has 0 spiro atoms. The molecule has 0 aliphatic rings. The van der Waals surface area contributed by atoms with Crippen molar-refractivity contribution in [1.29, 1.82) is 0 Å². The fourth-order valence-corrected chi connectivity index (χ4v) is 2.01. The number of rotatable bonds is 7. The molecule has 2 atom stereocenters. The molecule has 0 amide bonds. The van der Waals surface area contributed by atoms with Crippen molar-refractivity contribution in [2.75, 3.05) is 10.3 Å². The van der Waals surface area contributed by atoms with Gasteiger partial charge in [0.1, 0.15) is 6.17 Å². The number of anilines is 2. The largest absolute Gasteiger partial charge is 0.370 e. The Morgan fingerprint density at radius 2 is 1.40 bits per heavy atom. The van der Waals surface area contributed by atoms with Gasteiger partial charge in [0.15, 0.2) is 6.23 Å². The van der Waals surface area contributed by atoms with Crippen molar-refractivity contribution >= 4 is 22.7 Å². The summed E-state index contributed by atoms with van der Waals surface area (Å²) in [7, 11) is 0. The average Bonchev–Trinajstić information content (AvgIpc) is 2.60. The van der Waals surface area contributed by atoms with E-state index >= 15 is 0 Å². The van der Waals surface area contributed by atoms with Crippen LogP contribution in [0.25, 0.3) is 0 Å². The van der Waals surface area contributed by atoms with E-state index in [-0.39, 0.29) is 11.4 Å². The summed E-state index contributed by atoms with van der Waals surface area (Å²) < 4.78 is 0. The number of hydrogen-bond acceptors (Lipinski definition) is 9. The van der Waals surface area contributed by atoms with Gasteiger partial charge in [-0.3, -0.25) is 25.2 Å². The lowest BCUT2D eigenvalue weighted by molar-refractivity contribution is -0.385. The van der Waals surface area contributed by atoms with Gasteiger partial charge in [0.2, 0.25) is 0 Å². The number of aliphatic hydroxyl groups is 1. The van der Waals surface area contributed by atoms with Gasteiger partial charge in [0, 0.05) is 30.0 Å². The van der Waals surface area contributed by atoms with Crippen LogP contribution in [0.3, 0.4) is 0 Å². The van der Waals surface area contributed by atoms with Gasteiger partial charge in [0.25, 0.3) is 11.4 Å². The van der Waals surface area contributed by atoms with Crippen LogP contribution < -0.4 is 21.9 Å². The van der Waals surface area contributed by atoms with Crippen molar-refractivity contribution < 1.29 is 15.0 Å². The molecular formula is C14H16N6O5. The van der Waals surface area contributed by atoms with Crippen molar-refractivity contribution in [2.24, 2.45) is 11.6 Å². The molecule has 0 saturated heterocycles. The van der Waals surface area contributed by atoms with Crippen LogP contribution >= 0.6 is 0 Å². The molecule has 2 unspecified atom stereocenters. The molecule has 0 aliphatic carbocycles. The summed E-state index contributed by atoms with van der Waals surface area (Å²) in [4.78, 5) is 20.2. The van der Waals surface area contributed by atoms with E-state index in [4.69, 9.17) is 11.6 Å². The van der Waals surface area contributed by atoms with Gasteiger partial charge in [-0.15, -0.1) is 0 Å².